The molecule has 0 spiro atoms. The zero-order chi connectivity index (χ0) is 19.8. The number of ether oxygens (including phenoxy) is 2. The Hall–Kier alpha value is -3.54. The summed E-state index contributed by atoms with van der Waals surface area (Å²) in [7, 11) is 3.21. The quantitative estimate of drug-likeness (QED) is 0.621. The summed E-state index contributed by atoms with van der Waals surface area (Å²) in [6.07, 6.45) is 2.44. The van der Waals surface area contributed by atoms with E-state index in [1.807, 2.05) is 42.5 Å². The van der Waals surface area contributed by atoms with E-state index in [0.717, 1.165) is 30.1 Å². The number of nitrogens with zero attached hydrogens (tertiary/aromatic N) is 1. The van der Waals surface area contributed by atoms with Crippen LogP contribution in [-0.4, -0.2) is 31.7 Å². The van der Waals surface area contributed by atoms with E-state index in [9.17, 15) is 4.79 Å². The number of amides is 1. The fraction of sp³-hybridized carbons (Fsp3) is 0.182. The Labute approximate surface area is 164 Å². The van der Waals surface area contributed by atoms with Gasteiger partial charge in [-0.3, -0.25) is 4.79 Å². The van der Waals surface area contributed by atoms with Gasteiger partial charge < -0.3 is 20.1 Å². The fourth-order valence-electron chi connectivity index (χ4n) is 2.84. The van der Waals surface area contributed by atoms with E-state index in [1.54, 1.807) is 38.6 Å². The smallest absolute Gasteiger partial charge is 0.259 e. The van der Waals surface area contributed by atoms with Crippen molar-refractivity contribution in [3.8, 4) is 11.5 Å². The molecule has 144 valence electrons. The van der Waals surface area contributed by atoms with Gasteiger partial charge in [0.2, 0.25) is 0 Å². The van der Waals surface area contributed by atoms with E-state index >= 15 is 0 Å². The SMILES string of the molecule is COc1ccccc1CCNc1ccc(NC(=O)c2ccccc2OC)cn1. The first-order valence-corrected chi connectivity index (χ1v) is 8.97. The summed E-state index contributed by atoms with van der Waals surface area (Å²) in [6, 6.07) is 18.7. The molecule has 0 bridgehead atoms. The van der Waals surface area contributed by atoms with Gasteiger partial charge in [0.1, 0.15) is 17.3 Å². The first-order chi connectivity index (χ1) is 13.7. The number of carbonyl (C=O) groups excluding carboxylic acids is 1. The highest BCUT2D eigenvalue weighted by molar-refractivity contribution is 6.06. The third-order valence-corrected chi connectivity index (χ3v) is 4.27. The van der Waals surface area contributed by atoms with Gasteiger partial charge in [-0.25, -0.2) is 4.98 Å². The lowest BCUT2D eigenvalue weighted by Gasteiger charge is -2.11. The predicted octanol–water partition coefficient (Wildman–Crippen LogP) is 4.01. The van der Waals surface area contributed by atoms with Crippen LogP contribution >= 0.6 is 0 Å². The lowest BCUT2D eigenvalue weighted by atomic mass is 10.1. The zero-order valence-corrected chi connectivity index (χ0v) is 15.9. The summed E-state index contributed by atoms with van der Waals surface area (Å²) >= 11 is 0. The van der Waals surface area contributed by atoms with Crippen molar-refractivity contribution >= 4 is 17.4 Å². The normalized spacial score (nSPS) is 10.2. The van der Waals surface area contributed by atoms with Gasteiger partial charge in [0.15, 0.2) is 0 Å². The third-order valence-electron chi connectivity index (χ3n) is 4.27. The molecule has 0 unspecified atom stereocenters. The van der Waals surface area contributed by atoms with Crippen LogP contribution in [0, 0.1) is 0 Å². The summed E-state index contributed by atoms with van der Waals surface area (Å²) < 4.78 is 10.6. The molecule has 0 aliphatic heterocycles. The molecule has 0 fully saturated rings. The molecule has 2 N–H and O–H groups in total. The number of rotatable bonds is 8. The van der Waals surface area contributed by atoms with Crippen molar-refractivity contribution < 1.29 is 14.3 Å². The maximum absolute atomic E-state index is 12.4. The number of anilines is 2. The minimum Gasteiger partial charge on any atom is -0.496 e. The van der Waals surface area contributed by atoms with Crippen LogP contribution in [0.5, 0.6) is 11.5 Å². The first-order valence-electron chi connectivity index (χ1n) is 8.97. The van der Waals surface area contributed by atoms with Crippen LogP contribution in [0.25, 0.3) is 0 Å². The van der Waals surface area contributed by atoms with Crippen LogP contribution in [0.3, 0.4) is 0 Å². The number of benzene rings is 2. The van der Waals surface area contributed by atoms with Crippen LogP contribution in [0.4, 0.5) is 11.5 Å². The van der Waals surface area contributed by atoms with Gasteiger partial charge in [-0.15, -0.1) is 0 Å². The van der Waals surface area contributed by atoms with Gasteiger partial charge in [-0.05, 0) is 42.3 Å². The maximum Gasteiger partial charge on any atom is 0.259 e. The molecule has 28 heavy (non-hydrogen) atoms. The van der Waals surface area contributed by atoms with E-state index in [-0.39, 0.29) is 5.91 Å². The molecule has 6 heteroatoms. The molecule has 1 aromatic heterocycles. The average molecular weight is 377 g/mol. The monoisotopic (exact) mass is 377 g/mol. The molecule has 3 rings (SSSR count). The highest BCUT2D eigenvalue weighted by Crippen LogP contribution is 2.20. The molecule has 3 aromatic rings. The van der Waals surface area contributed by atoms with Gasteiger partial charge in [0.05, 0.1) is 31.7 Å². The number of pyridine rings is 1. The van der Waals surface area contributed by atoms with Gasteiger partial charge in [0, 0.05) is 6.54 Å². The lowest BCUT2D eigenvalue weighted by Crippen LogP contribution is -2.13. The van der Waals surface area contributed by atoms with Crippen molar-refractivity contribution in [2.24, 2.45) is 0 Å². The van der Waals surface area contributed by atoms with Crippen molar-refractivity contribution in [1.82, 2.24) is 4.98 Å². The maximum atomic E-state index is 12.4. The summed E-state index contributed by atoms with van der Waals surface area (Å²) in [4.78, 5) is 16.8. The lowest BCUT2D eigenvalue weighted by molar-refractivity contribution is 0.102. The molecule has 6 nitrogen and oxygen atoms in total. The van der Waals surface area contributed by atoms with E-state index in [4.69, 9.17) is 9.47 Å². The Morgan fingerprint density at radius 2 is 1.64 bits per heavy atom. The number of hydrogen-bond donors (Lipinski definition) is 2. The second-order valence-corrected chi connectivity index (χ2v) is 6.08. The second kappa shape index (κ2) is 9.41. The third kappa shape index (κ3) is 4.79. The van der Waals surface area contributed by atoms with Gasteiger partial charge >= 0.3 is 0 Å². The van der Waals surface area contributed by atoms with Crippen molar-refractivity contribution in [1.29, 1.82) is 0 Å². The summed E-state index contributed by atoms with van der Waals surface area (Å²) in [5.74, 6) is 1.91. The highest BCUT2D eigenvalue weighted by atomic mass is 16.5. The fourth-order valence-corrected chi connectivity index (χ4v) is 2.84. The molecule has 1 heterocycles. The van der Waals surface area contributed by atoms with Crippen LogP contribution in [0.2, 0.25) is 0 Å². The van der Waals surface area contributed by atoms with Crippen LogP contribution in [0.15, 0.2) is 66.9 Å². The minimum absolute atomic E-state index is 0.240. The van der Waals surface area contributed by atoms with E-state index < -0.39 is 0 Å². The van der Waals surface area contributed by atoms with Crippen molar-refractivity contribution in [2.45, 2.75) is 6.42 Å². The topological polar surface area (TPSA) is 72.5 Å². The Morgan fingerprint density at radius 3 is 2.36 bits per heavy atom. The van der Waals surface area contributed by atoms with Crippen LogP contribution in [0.1, 0.15) is 15.9 Å². The predicted molar refractivity (Wildman–Crippen MR) is 110 cm³/mol. The zero-order valence-electron chi connectivity index (χ0n) is 15.9. The number of nitrogens with one attached hydrogen (secondary N) is 2. The number of methoxy groups -OCH3 is 2. The van der Waals surface area contributed by atoms with Gasteiger partial charge in [0.25, 0.3) is 5.91 Å². The molecule has 0 atom stereocenters. The average Bonchev–Trinajstić information content (AvgIpc) is 2.75. The van der Waals surface area contributed by atoms with E-state index in [2.05, 4.69) is 15.6 Å². The van der Waals surface area contributed by atoms with Crippen molar-refractivity contribution in [3.63, 3.8) is 0 Å². The number of hydrogen-bond acceptors (Lipinski definition) is 5. The number of para-hydroxylation sites is 2. The Kier molecular flexibility index (Phi) is 6.46. The summed E-state index contributed by atoms with van der Waals surface area (Å²) in [6.45, 7) is 0.723. The summed E-state index contributed by atoms with van der Waals surface area (Å²) in [5.41, 5.74) is 2.23. The van der Waals surface area contributed by atoms with Crippen molar-refractivity contribution in [2.75, 3.05) is 31.4 Å². The highest BCUT2D eigenvalue weighted by Gasteiger charge is 2.11. The molecule has 0 saturated heterocycles. The standard InChI is InChI=1S/C22H23N3O3/c1-27-19-9-5-3-7-16(19)13-14-23-21-12-11-17(15-24-21)25-22(26)18-8-4-6-10-20(18)28-2/h3-12,15H,13-14H2,1-2H3,(H,23,24)(H,25,26). The molecule has 2 aromatic carbocycles. The second-order valence-electron chi connectivity index (χ2n) is 6.08. The number of carbonyl (C=O) groups is 1. The summed E-state index contributed by atoms with van der Waals surface area (Å²) in [5, 5.41) is 6.11. The van der Waals surface area contributed by atoms with E-state index in [0.29, 0.717) is 17.0 Å². The molecule has 0 radical (unpaired) electrons. The molecule has 1 amide bonds. The van der Waals surface area contributed by atoms with Gasteiger partial charge in [-0.2, -0.15) is 0 Å². The van der Waals surface area contributed by atoms with Crippen LogP contribution < -0.4 is 20.1 Å². The molecular formula is C22H23N3O3. The Bertz CT molecular complexity index is 926. The molecule has 0 aliphatic rings. The first kappa shape index (κ1) is 19.2. The Morgan fingerprint density at radius 1 is 0.929 bits per heavy atom. The van der Waals surface area contributed by atoms with Crippen molar-refractivity contribution in [3.05, 3.63) is 78.0 Å². The van der Waals surface area contributed by atoms with Crippen LogP contribution in [-0.2, 0) is 6.42 Å². The molecule has 0 aliphatic carbocycles. The van der Waals surface area contributed by atoms with Gasteiger partial charge in [-0.1, -0.05) is 30.3 Å². The molecule has 0 saturated carbocycles. The van der Waals surface area contributed by atoms with E-state index in [1.165, 1.54) is 0 Å². The number of aromatic nitrogens is 1. The molecular weight excluding hydrogens is 354 g/mol. The Balaban J connectivity index is 1.55. The largest absolute Gasteiger partial charge is 0.496 e. The minimum atomic E-state index is -0.240.